The molecule has 6 fully saturated rings. The molecular formula is C50H92N6O2. The van der Waals surface area contributed by atoms with E-state index in [0.717, 1.165) is 64.5 Å². The van der Waals surface area contributed by atoms with E-state index >= 15 is 9.59 Å². The summed E-state index contributed by atoms with van der Waals surface area (Å²) in [5.74, 6) is 0. The quantitative estimate of drug-likeness (QED) is 0.182. The topological polar surface area (TPSA) is 71.2 Å². The van der Waals surface area contributed by atoms with Gasteiger partial charge in [-0.05, 0) is 145 Å². The Morgan fingerprint density at radius 3 is 0.862 bits per heavy atom. The summed E-state index contributed by atoms with van der Waals surface area (Å²) in [5.41, 5.74) is -0.0462. The van der Waals surface area contributed by atoms with Crippen molar-refractivity contribution in [2.24, 2.45) is 0 Å². The fourth-order valence-corrected chi connectivity index (χ4v) is 13.7. The lowest BCUT2D eigenvalue weighted by atomic mass is 9.78. The molecule has 0 radical (unpaired) electrons. The number of piperidine rings is 2. The van der Waals surface area contributed by atoms with E-state index in [9.17, 15) is 0 Å². The van der Waals surface area contributed by atoms with Gasteiger partial charge in [-0.25, -0.2) is 9.59 Å². The summed E-state index contributed by atoms with van der Waals surface area (Å²) < 4.78 is 0. The minimum atomic E-state index is -0.0116. The first-order valence-corrected chi connectivity index (χ1v) is 25.3. The summed E-state index contributed by atoms with van der Waals surface area (Å²) in [7, 11) is 0. The summed E-state index contributed by atoms with van der Waals surface area (Å²) in [6.07, 6.45) is 33.1. The Labute approximate surface area is 357 Å². The highest BCUT2D eigenvalue weighted by molar-refractivity contribution is 5.76. The van der Waals surface area contributed by atoms with Gasteiger partial charge in [-0.1, -0.05) is 89.9 Å². The van der Waals surface area contributed by atoms with Crippen LogP contribution >= 0.6 is 0 Å². The molecule has 4 amide bonds. The Balaban J connectivity index is 1.16. The fraction of sp³-hybridized carbons (Fsp3) is 0.960. The van der Waals surface area contributed by atoms with Crippen molar-refractivity contribution in [2.45, 2.75) is 294 Å². The molecule has 334 valence electrons. The molecule has 58 heavy (non-hydrogen) atoms. The number of nitrogens with zero attached hydrogens (tertiary/aromatic N) is 4. The number of carbonyl (C=O) groups excluding carboxylic acids is 2. The van der Waals surface area contributed by atoms with Gasteiger partial charge < -0.3 is 30.2 Å². The Morgan fingerprint density at radius 1 is 0.379 bits per heavy atom. The lowest BCUT2D eigenvalue weighted by molar-refractivity contribution is 0.0374. The van der Waals surface area contributed by atoms with Crippen LogP contribution in [0, 0.1) is 0 Å². The molecule has 6 aliphatic rings. The van der Waals surface area contributed by atoms with Gasteiger partial charge in [-0.2, -0.15) is 0 Å². The van der Waals surface area contributed by atoms with Crippen molar-refractivity contribution in [3.63, 3.8) is 0 Å². The molecule has 0 bridgehead atoms. The van der Waals surface area contributed by atoms with Crippen LogP contribution < -0.4 is 10.6 Å². The summed E-state index contributed by atoms with van der Waals surface area (Å²) >= 11 is 0. The summed E-state index contributed by atoms with van der Waals surface area (Å²) in [4.78, 5) is 40.2. The first-order chi connectivity index (χ1) is 27.5. The van der Waals surface area contributed by atoms with Crippen LogP contribution in [0.4, 0.5) is 9.59 Å². The van der Waals surface area contributed by atoms with Crippen LogP contribution in [0.1, 0.15) is 235 Å². The standard InChI is InChI=1S/C50H92N6O2/c1-47(2)35-43(36-48(3,4)51-47)53(45(57)55(39-25-15-11-16-26-39)40-27-17-12-18-28-40)33-23-9-10-24-34-54(44-37-49(5,6)52-50(7,8)38-44)46(58)56(41-29-19-13-20-30-41)42-31-21-14-22-32-42/h39-44,51-52H,9-38H2,1-8H3. The van der Waals surface area contributed by atoms with Crippen molar-refractivity contribution in [3.05, 3.63) is 0 Å². The Hall–Kier alpha value is -1.54. The van der Waals surface area contributed by atoms with Crippen molar-refractivity contribution in [2.75, 3.05) is 13.1 Å². The van der Waals surface area contributed by atoms with Crippen molar-refractivity contribution in [1.29, 1.82) is 0 Å². The SMILES string of the molecule is CC1(C)CC(N(CCCCCCN(C(=O)N(C2CCCCC2)C2CCCCC2)C2CC(C)(C)NC(C)(C)C2)C(=O)N(C2CCCCC2)C2CCCCC2)CC(C)(C)N1. The molecule has 0 atom stereocenters. The first kappa shape index (κ1) is 46.0. The zero-order valence-corrected chi connectivity index (χ0v) is 39.3. The second-order valence-corrected chi connectivity index (χ2v) is 23.3. The predicted molar refractivity (Wildman–Crippen MR) is 242 cm³/mol. The van der Waals surface area contributed by atoms with E-state index in [1.807, 2.05) is 0 Å². The Kier molecular flexibility index (Phi) is 15.9. The summed E-state index contributed by atoms with van der Waals surface area (Å²) in [5, 5.41) is 7.82. The third-order valence-corrected chi connectivity index (χ3v) is 15.6. The number of unbranched alkanes of at least 4 members (excludes halogenated alkanes) is 3. The van der Waals surface area contributed by atoms with Crippen LogP contribution in [0.15, 0.2) is 0 Å². The van der Waals surface area contributed by atoms with E-state index < -0.39 is 0 Å². The smallest absolute Gasteiger partial charge is 0.320 e. The lowest BCUT2D eigenvalue weighted by Gasteiger charge is -2.52. The molecule has 4 aliphatic carbocycles. The van der Waals surface area contributed by atoms with Crippen molar-refractivity contribution < 1.29 is 9.59 Å². The molecule has 2 heterocycles. The average molecular weight is 809 g/mol. The molecule has 6 rings (SSSR count). The van der Waals surface area contributed by atoms with E-state index in [1.165, 1.54) is 128 Å². The second-order valence-electron chi connectivity index (χ2n) is 23.3. The summed E-state index contributed by atoms with van der Waals surface area (Å²) in [6, 6.07) is 2.84. The number of amides is 4. The van der Waals surface area contributed by atoms with Crippen molar-refractivity contribution >= 4 is 12.1 Å². The zero-order chi connectivity index (χ0) is 41.6. The van der Waals surface area contributed by atoms with Gasteiger partial charge in [0.05, 0.1) is 0 Å². The van der Waals surface area contributed by atoms with E-state index in [2.05, 4.69) is 85.6 Å². The Morgan fingerprint density at radius 2 is 0.621 bits per heavy atom. The van der Waals surface area contributed by atoms with Gasteiger partial charge in [-0.3, -0.25) is 0 Å². The van der Waals surface area contributed by atoms with Gasteiger partial charge in [0.15, 0.2) is 0 Å². The minimum Gasteiger partial charge on any atom is -0.322 e. The molecule has 0 unspecified atom stereocenters. The first-order valence-electron chi connectivity index (χ1n) is 25.3. The van der Waals surface area contributed by atoms with Crippen LogP contribution in [0.5, 0.6) is 0 Å². The maximum atomic E-state index is 15.2. The normalized spacial score (nSPS) is 26.6. The second kappa shape index (κ2) is 20.1. The number of hydrogen-bond donors (Lipinski definition) is 2. The minimum absolute atomic E-state index is 0.0116. The van der Waals surface area contributed by atoms with Crippen LogP contribution in [0.3, 0.4) is 0 Å². The zero-order valence-electron chi connectivity index (χ0n) is 39.3. The fourth-order valence-electron chi connectivity index (χ4n) is 13.7. The molecule has 2 aliphatic heterocycles. The van der Waals surface area contributed by atoms with Gasteiger partial charge in [0, 0.05) is 71.5 Å². The highest BCUT2D eigenvalue weighted by Gasteiger charge is 2.46. The number of rotatable bonds is 13. The third kappa shape index (κ3) is 12.5. The van der Waals surface area contributed by atoms with Crippen LogP contribution in [-0.2, 0) is 0 Å². The number of urea groups is 2. The number of hydrogen-bond acceptors (Lipinski definition) is 4. The molecule has 4 saturated carbocycles. The van der Waals surface area contributed by atoms with E-state index in [0.29, 0.717) is 36.2 Å². The highest BCUT2D eigenvalue weighted by Crippen LogP contribution is 2.38. The van der Waals surface area contributed by atoms with E-state index in [4.69, 9.17) is 0 Å². The Bertz CT molecular complexity index is 1120. The monoisotopic (exact) mass is 809 g/mol. The number of nitrogens with one attached hydrogen (secondary N) is 2. The van der Waals surface area contributed by atoms with Crippen molar-refractivity contribution in [3.8, 4) is 0 Å². The predicted octanol–water partition coefficient (Wildman–Crippen LogP) is 11.9. The lowest BCUT2D eigenvalue weighted by Crippen LogP contribution is -2.65. The van der Waals surface area contributed by atoms with Crippen LogP contribution in [0.25, 0.3) is 0 Å². The molecule has 0 aromatic heterocycles. The van der Waals surface area contributed by atoms with Gasteiger partial charge >= 0.3 is 12.1 Å². The number of carbonyl (C=O) groups is 2. The maximum Gasteiger partial charge on any atom is 0.320 e. The van der Waals surface area contributed by atoms with Gasteiger partial charge in [-0.15, -0.1) is 0 Å². The van der Waals surface area contributed by atoms with Gasteiger partial charge in [0.1, 0.15) is 0 Å². The molecular weight excluding hydrogens is 717 g/mol. The molecule has 8 heteroatoms. The largest absolute Gasteiger partial charge is 0.322 e. The average Bonchev–Trinajstić information content (AvgIpc) is 3.15. The molecule has 0 spiro atoms. The van der Waals surface area contributed by atoms with Crippen LogP contribution in [0.2, 0.25) is 0 Å². The molecule has 8 nitrogen and oxygen atoms in total. The summed E-state index contributed by atoms with van der Waals surface area (Å²) in [6.45, 7) is 20.4. The maximum absolute atomic E-state index is 15.2. The molecule has 2 saturated heterocycles. The third-order valence-electron chi connectivity index (χ3n) is 15.6. The van der Waals surface area contributed by atoms with Crippen LogP contribution in [-0.4, -0.2) is 103 Å². The molecule has 2 N–H and O–H groups in total. The van der Waals surface area contributed by atoms with Crippen molar-refractivity contribution in [1.82, 2.24) is 30.2 Å². The molecule has 0 aromatic carbocycles. The van der Waals surface area contributed by atoms with Gasteiger partial charge in [0.25, 0.3) is 0 Å². The highest BCUT2D eigenvalue weighted by atomic mass is 16.2. The van der Waals surface area contributed by atoms with E-state index in [1.54, 1.807) is 0 Å². The van der Waals surface area contributed by atoms with Gasteiger partial charge in [0.2, 0.25) is 0 Å². The molecule has 0 aromatic rings. The van der Waals surface area contributed by atoms with E-state index in [-0.39, 0.29) is 34.2 Å².